The predicted octanol–water partition coefficient (Wildman–Crippen LogP) is 1.22. The zero-order valence-electron chi connectivity index (χ0n) is 9.54. The van der Waals surface area contributed by atoms with Crippen LogP contribution >= 0.6 is 0 Å². The summed E-state index contributed by atoms with van der Waals surface area (Å²) >= 11 is 0. The summed E-state index contributed by atoms with van der Waals surface area (Å²) in [5.41, 5.74) is 5.54. The molecule has 1 fully saturated rings. The quantitative estimate of drug-likeness (QED) is 0.725. The minimum atomic E-state index is 0.453. The first-order chi connectivity index (χ1) is 6.74. The first-order valence-electron chi connectivity index (χ1n) is 5.76. The van der Waals surface area contributed by atoms with E-state index >= 15 is 0 Å². The molecule has 0 spiro atoms. The summed E-state index contributed by atoms with van der Waals surface area (Å²) in [6, 6.07) is 0.575. The van der Waals surface area contributed by atoms with Crippen LogP contribution in [0.5, 0.6) is 0 Å². The largest absolute Gasteiger partial charge is 0.377 e. The third kappa shape index (κ3) is 3.95. The van der Waals surface area contributed by atoms with Crippen LogP contribution < -0.4 is 5.73 Å². The molecule has 0 amide bonds. The van der Waals surface area contributed by atoms with E-state index in [1.807, 2.05) is 0 Å². The highest BCUT2D eigenvalue weighted by atomic mass is 16.5. The number of hydrogen-bond acceptors (Lipinski definition) is 3. The lowest BCUT2D eigenvalue weighted by Crippen LogP contribution is -2.39. The van der Waals surface area contributed by atoms with Gasteiger partial charge in [0.05, 0.1) is 6.10 Å². The van der Waals surface area contributed by atoms with Gasteiger partial charge in [-0.25, -0.2) is 0 Å². The smallest absolute Gasteiger partial charge is 0.0702 e. The fraction of sp³-hybridized carbons (Fsp3) is 1.00. The number of hydrogen-bond donors (Lipinski definition) is 1. The Balaban J connectivity index is 2.20. The molecule has 0 radical (unpaired) electrons. The van der Waals surface area contributed by atoms with Gasteiger partial charge in [-0.15, -0.1) is 0 Å². The summed E-state index contributed by atoms with van der Waals surface area (Å²) in [6.07, 6.45) is 5.31. The normalized spacial score (nSPS) is 25.3. The van der Waals surface area contributed by atoms with Crippen molar-refractivity contribution in [3.05, 3.63) is 0 Å². The summed E-state index contributed by atoms with van der Waals surface area (Å²) in [5, 5.41) is 0. The van der Waals surface area contributed by atoms with Crippen LogP contribution in [0.15, 0.2) is 0 Å². The minimum absolute atomic E-state index is 0.453. The highest BCUT2D eigenvalue weighted by Crippen LogP contribution is 2.14. The maximum absolute atomic E-state index is 5.70. The van der Waals surface area contributed by atoms with Gasteiger partial charge in [-0.1, -0.05) is 0 Å². The Morgan fingerprint density at radius 3 is 2.86 bits per heavy atom. The van der Waals surface area contributed by atoms with Crippen LogP contribution in [0.4, 0.5) is 0 Å². The molecule has 14 heavy (non-hydrogen) atoms. The number of nitrogens with zero attached hydrogens (tertiary/aromatic N) is 1. The predicted molar refractivity (Wildman–Crippen MR) is 59.4 cm³/mol. The minimum Gasteiger partial charge on any atom is -0.377 e. The molecule has 84 valence electrons. The molecule has 0 aliphatic carbocycles. The number of likely N-dealkylation sites (N-methyl/N-ethyl adjacent to an activating group) is 1. The van der Waals surface area contributed by atoms with Crippen molar-refractivity contribution >= 4 is 0 Å². The van der Waals surface area contributed by atoms with Gasteiger partial charge in [0, 0.05) is 19.2 Å². The fourth-order valence-corrected chi connectivity index (χ4v) is 1.91. The molecule has 0 aromatic carbocycles. The Kier molecular flexibility index (Phi) is 5.45. The Bertz CT molecular complexity index is 146. The second-order valence-corrected chi connectivity index (χ2v) is 4.35. The van der Waals surface area contributed by atoms with Crippen LogP contribution in [0, 0.1) is 0 Å². The molecule has 0 bridgehead atoms. The van der Waals surface area contributed by atoms with Gasteiger partial charge in [0.15, 0.2) is 0 Å². The monoisotopic (exact) mass is 200 g/mol. The van der Waals surface area contributed by atoms with Crippen molar-refractivity contribution in [1.29, 1.82) is 0 Å². The van der Waals surface area contributed by atoms with E-state index in [0.29, 0.717) is 12.1 Å². The summed E-state index contributed by atoms with van der Waals surface area (Å²) < 4.78 is 5.70. The lowest BCUT2D eigenvalue weighted by Gasteiger charge is -2.30. The van der Waals surface area contributed by atoms with E-state index in [4.69, 9.17) is 10.5 Å². The topological polar surface area (TPSA) is 38.5 Å². The molecule has 1 rings (SSSR count). The Morgan fingerprint density at radius 1 is 1.50 bits per heavy atom. The van der Waals surface area contributed by atoms with Crippen molar-refractivity contribution in [2.75, 3.05) is 26.7 Å². The number of rotatable bonds is 5. The van der Waals surface area contributed by atoms with Crippen molar-refractivity contribution in [2.24, 2.45) is 5.73 Å². The molecular formula is C11H24N2O. The second-order valence-electron chi connectivity index (χ2n) is 4.35. The van der Waals surface area contributed by atoms with Crippen molar-refractivity contribution in [2.45, 2.75) is 44.8 Å². The van der Waals surface area contributed by atoms with Crippen molar-refractivity contribution in [3.63, 3.8) is 0 Å². The molecule has 0 aromatic rings. The van der Waals surface area contributed by atoms with Gasteiger partial charge in [-0.05, 0) is 46.2 Å². The van der Waals surface area contributed by atoms with E-state index in [1.165, 1.54) is 19.3 Å². The number of ether oxygens (including phenoxy) is 1. The first-order valence-corrected chi connectivity index (χ1v) is 5.76. The van der Waals surface area contributed by atoms with Gasteiger partial charge >= 0.3 is 0 Å². The summed E-state index contributed by atoms with van der Waals surface area (Å²) in [6.45, 7) is 5.01. The van der Waals surface area contributed by atoms with Gasteiger partial charge in [0.2, 0.25) is 0 Å². The summed E-state index contributed by atoms with van der Waals surface area (Å²) in [5.74, 6) is 0. The maximum Gasteiger partial charge on any atom is 0.0702 e. The molecule has 0 aromatic heterocycles. The summed E-state index contributed by atoms with van der Waals surface area (Å²) in [4.78, 5) is 2.36. The Labute approximate surface area is 87.6 Å². The SMILES string of the molecule is CC(CCN)N(C)CC1CCCCO1. The molecule has 1 aliphatic heterocycles. The highest BCUT2D eigenvalue weighted by molar-refractivity contribution is 4.71. The van der Waals surface area contributed by atoms with E-state index in [2.05, 4.69) is 18.9 Å². The average molecular weight is 200 g/mol. The van der Waals surface area contributed by atoms with E-state index in [0.717, 1.165) is 26.1 Å². The molecule has 2 atom stereocenters. The zero-order chi connectivity index (χ0) is 10.4. The van der Waals surface area contributed by atoms with Gasteiger partial charge in [-0.3, -0.25) is 0 Å². The van der Waals surface area contributed by atoms with Crippen LogP contribution in [0.1, 0.15) is 32.6 Å². The van der Waals surface area contributed by atoms with E-state index in [1.54, 1.807) is 0 Å². The Hall–Kier alpha value is -0.120. The van der Waals surface area contributed by atoms with Gasteiger partial charge < -0.3 is 15.4 Å². The average Bonchev–Trinajstić information content (AvgIpc) is 2.19. The fourth-order valence-electron chi connectivity index (χ4n) is 1.91. The zero-order valence-corrected chi connectivity index (χ0v) is 9.54. The van der Waals surface area contributed by atoms with Crippen LogP contribution in [-0.4, -0.2) is 43.8 Å². The molecular weight excluding hydrogens is 176 g/mol. The molecule has 2 N–H and O–H groups in total. The molecule has 1 saturated heterocycles. The van der Waals surface area contributed by atoms with Crippen molar-refractivity contribution in [3.8, 4) is 0 Å². The summed E-state index contributed by atoms with van der Waals surface area (Å²) in [7, 11) is 2.16. The first kappa shape index (κ1) is 12.0. The van der Waals surface area contributed by atoms with Gasteiger partial charge in [-0.2, -0.15) is 0 Å². The van der Waals surface area contributed by atoms with E-state index in [9.17, 15) is 0 Å². The van der Waals surface area contributed by atoms with Crippen LogP contribution in [-0.2, 0) is 4.74 Å². The molecule has 0 saturated carbocycles. The van der Waals surface area contributed by atoms with Gasteiger partial charge in [0.1, 0.15) is 0 Å². The Morgan fingerprint density at radius 2 is 2.29 bits per heavy atom. The molecule has 1 heterocycles. The van der Waals surface area contributed by atoms with Crippen molar-refractivity contribution in [1.82, 2.24) is 4.90 Å². The standard InChI is InChI=1S/C11H24N2O/c1-10(6-7-12)13(2)9-11-5-3-4-8-14-11/h10-11H,3-9,12H2,1-2H3. The molecule has 2 unspecified atom stereocenters. The van der Waals surface area contributed by atoms with Gasteiger partial charge in [0.25, 0.3) is 0 Å². The van der Waals surface area contributed by atoms with E-state index in [-0.39, 0.29) is 0 Å². The van der Waals surface area contributed by atoms with E-state index < -0.39 is 0 Å². The number of nitrogens with two attached hydrogens (primary N) is 1. The lowest BCUT2D eigenvalue weighted by atomic mass is 10.1. The molecule has 3 heteroatoms. The molecule has 1 aliphatic rings. The molecule has 3 nitrogen and oxygen atoms in total. The van der Waals surface area contributed by atoms with Crippen molar-refractivity contribution < 1.29 is 4.74 Å². The second kappa shape index (κ2) is 6.38. The third-order valence-electron chi connectivity index (χ3n) is 3.10. The lowest BCUT2D eigenvalue weighted by molar-refractivity contribution is -0.00732. The van der Waals surface area contributed by atoms with Crippen LogP contribution in [0.2, 0.25) is 0 Å². The third-order valence-corrected chi connectivity index (χ3v) is 3.10. The van der Waals surface area contributed by atoms with Crippen LogP contribution in [0.25, 0.3) is 0 Å². The maximum atomic E-state index is 5.70. The van der Waals surface area contributed by atoms with Crippen LogP contribution in [0.3, 0.4) is 0 Å². The highest BCUT2D eigenvalue weighted by Gasteiger charge is 2.18.